The smallest absolute Gasteiger partial charge is 0.337 e. The van der Waals surface area contributed by atoms with Gasteiger partial charge in [-0.25, -0.2) is 4.79 Å². The van der Waals surface area contributed by atoms with Gasteiger partial charge in [-0.05, 0) is 18.2 Å². The molecule has 1 rings (SSSR count). The van der Waals surface area contributed by atoms with Crippen LogP contribution in [0.5, 0.6) is 0 Å². The maximum Gasteiger partial charge on any atom is 0.337 e. The van der Waals surface area contributed by atoms with E-state index >= 15 is 0 Å². The van der Waals surface area contributed by atoms with E-state index in [0.29, 0.717) is 43.1 Å². The summed E-state index contributed by atoms with van der Waals surface area (Å²) in [5, 5.41) is 36.8. The van der Waals surface area contributed by atoms with E-state index in [0.717, 1.165) is 0 Å². The summed E-state index contributed by atoms with van der Waals surface area (Å²) in [6.07, 6.45) is 0. The maximum atomic E-state index is 11.9. The first-order valence-electron chi connectivity index (χ1n) is 7.78. The summed E-state index contributed by atoms with van der Waals surface area (Å²) in [7, 11) is 1.28. The lowest BCUT2D eigenvalue weighted by Crippen LogP contribution is -2.32. The molecule has 0 atom stereocenters. The topological polar surface area (TPSA) is 114 Å². The highest BCUT2D eigenvalue weighted by Crippen LogP contribution is 2.26. The molecule has 8 heteroatoms. The predicted octanol–water partition coefficient (Wildman–Crippen LogP) is -0.945. The fourth-order valence-electron chi connectivity index (χ4n) is 2.42. The molecule has 0 aromatic heterocycles. The molecule has 0 unspecified atom stereocenters. The van der Waals surface area contributed by atoms with Crippen molar-refractivity contribution in [3.05, 3.63) is 23.8 Å². The molecule has 8 nitrogen and oxygen atoms in total. The Morgan fingerprint density at radius 3 is 1.50 bits per heavy atom. The van der Waals surface area contributed by atoms with E-state index in [1.807, 2.05) is 0 Å². The molecule has 0 bridgehead atoms. The van der Waals surface area contributed by atoms with Gasteiger partial charge in [-0.3, -0.25) is 0 Å². The number of esters is 1. The number of anilines is 2. The molecular formula is C16H26N2O6. The van der Waals surface area contributed by atoms with Crippen LogP contribution in [0.25, 0.3) is 0 Å². The summed E-state index contributed by atoms with van der Waals surface area (Å²) in [4.78, 5) is 15.4. The number of aliphatic hydroxyl groups is 4. The van der Waals surface area contributed by atoms with Gasteiger partial charge in [-0.1, -0.05) is 0 Å². The van der Waals surface area contributed by atoms with Crippen molar-refractivity contribution in [3.63, 3.8) is 0 Å². The first-order chi connectivity index (χ1) is 11.6. The van der Waals surface area contributed by atoms with Crippen LogP contribution in [0.4, 0.5) is 11.4 Å². The molecule has 136 valence electrons. The van der Waals surface area contributed by atoms with Crippen molar-refractivity contribution < 1.29 is 30.0 Å². The van der Waals surface area contributed by atoms with Crippen LogP contribution >= 0.6 is 0 Å². The quantitative estimate of drug-likeness (QED) is 0.381. The Morgan fingerprint density at radius 2 is 1.21 bits per heavy atom. The molecular weight excluding hydrogens is 316 g/mol. The van der Waals surface area contributed by atoms with Gasteiger partial charge in [0.2, 0.25) is 0 Å². The fraction of sp³-hybridized carbons (Fsp3) is 0.562. The zero-order chi connectivity index (χ0) is 17.9. The highest BCUT2D eigenvalue weighted by Gasteiger charge is 2.16. The number of hydrogen-bond acceptors (Lipinski definition) is 8. The minimum atomic E-state index is -0.515. The monoisotopic (exact) mass is 342 g/mol. The van der Waals surface area contributed by atoms with Crippen LogP contribution in [0.15, 0.2) is 18.2 Å². The van der Waals surface area contributed by atoms with Crippen LogP contribution in [0, 0.1) is 0 Å². The average molecular weight is 342 g/mol. The van der Waals surface area contributed by atoms with E-state index in [2.05, 4.69) is 0 Å². The first kappa shape index (κ1) is 20.2. The summed E-state index contributed by atoms with van der Waals surface area (Å²) >= 11 is 0. The molecule has 0 amide bonds. The normalized spacial score (nSPS) is 10.5. The lowest BCUT2D eigenvalue weighted by molar-refractivity contribution is 0.0601. The number of benzene rings is 1. The molecule has 24 heavy (non-hydrogen) atoms. The summed E-state index contributed by atoms with van der Waals surface area (Å²) in [5.41, 5.74) is 1.58. The van der Waals surface area contributed by atoms with E-state index in [1.165, 1.54) is 7.11 Å². The number of aliphatic hydroxyl groups excluding tert-OH is 4. The highest BCUT2D eigenvalue weighted by molar-refractivity contribution is 5.92. The van der Waals surface area contributed by atoms with Gasteiger partial charge in [0.05, 0.1) is 39.1 Å². The molecule has 0 heterocycles. The van der Waals surface area contributed by atoms with Crippen molar-refractivity contribution >= 4 is 17.3 Å². The Bertz CT molecular complexity index is 465. The number of carbonyl (C=O) groups is 1. The third kappa shape index (κ3) is 5.64. The molecule has 1 aromatic carbocycles. The maximum absolute atomic E-state index is 11.9. The SMILES string of the molecule is COC(=O)c1cc(N(CCO)CCO)cc(N(CCO)CCO)c1. The fourth-order valence-corrected chi connectivity index (χ4v) is 2.42. The van der Waals surface area contributed by atoms with Crippen LogP contribution in [0.1, 0.15) is 10.4 Å². The van der Waals surface area contributed by atoms with E-state index < -0.39 is 5.97 Å². The lowest BCUT2D eigenvalue weighted by Gasteiger charge is -2.28. The predicted molar refractivity (Wildman–Crippen MR) is 90.6 cm³/mol. The van der Waals surface area contributed by atoms with E-state index in [9.17, 15) is 25.2 Å². The van der Waals surface area contributed by atoms with Crippen LogP contribution in [-0.4, -0.2) is 86.1 Å². The summed E-state index contributed by atoms with van der Waals surface area (Å²) in [6, 6.07) is 5.02. The molecule has 0 fully saturated rings. The van der Waals surface area contributed by atoms with Crippen LogP contribution in [0.2, 0.25) is 0 Å². The summed E-state index contributed by atoms with van der Waals surface area (Å²) < 4.78 is 4.77. The zero-order valence-electron chi connectivity index (χ0n) is 13.9. The van der Waals surface area contributed by atoms with Gasteiger partial charge in [0.25, 0.3) is 0 Å². The third-order valence-corrected chi connectivity index (χ3v) is 3.53. The van der Waals surface area contributed by atoms with Gasteiger partial charge in [0, 0.05) is 37.6 Å². The van der Waals surface area contributed by atoms with Gasteiger partial charge in [-0.2, -0.15) is 0 Å². The first-order valence-corrected chi connectivity index (χ1v) is 7.78. The molecule has 4 N–H and O–H groups in total. The number of nitrogens with zero attached hydrogens (tertiary/aromatic N) is 2. The molecule has 0 saturated heterocycles. The summed E-state index contributed by atoms with van der Waals surface area (Å²) in [5.74, 6) is -0.515. The van der Waals surface area contributed by atoms with Gasteiger partial charge >= 0.3 is 5.97 Å². The highest BCUT2D eigenvalue weighted by atomic mass is 16.5. The van der Waals surface area contributed by atoms with Gasteiger partial charge in [-0.15, -0.1) is 0 Å². The van der Waals surface area contributed by atoms with Crippen LogP contribution in [0.3, 0.4) is 0 Å². The van der Waals surface area contributed by atoms with Gasteiger partial charge < -0.3 is 35.0 Å². The van der Waals surface area contributed by atoms with Crippen LogP contribution in [-0.2, 0) is 4.74 Å². The van der Waals surface area contributed by atoms with Gasteiger partial charge in [0.1, 0.15) is 0 Å². The van der Waals surface area contributed by atoms with E-state index in [4.69, 9.17) is 4.74 Å². The standard InChI is InChI=1S/C16H26N2O6/c1-24-16(23)13-10-14(17(2-6-19)3-7-20)12-15(11-13)18(4-8-21)5-9-22/h10-12,19-22H,2-9H2,1H3. The largest absolute Gasteiger partial charge is 0.465 e. The molecule has 0 saturated carbocycles. The second kappa shape index (κ2) is 10.8. The summed E-state index contributed by atoms with van der Waals surface area (Å²) in [6.45, 7) is 0.775. The number of carbonyl (C=O) groups excluding carboxylic acids is 1. The molecule has 0 spiro atoms. The van der Waals surface area contributed by atoms with Crippen molar-refractivity contribution in [2.75, 3.05) is 69.5 Å². The van der Waals surface area contributed by atoms with Crippen molar-refractivity contribution in [3.8, 4) is 0 Å². The number of rotatable bonds is 11. The van der Waals surface area contributed by atoms with Crippen molar-refractivity contribution in [1.29, 1.82) is 0 Å². The Labute approximate surface area is 141 Å². The molecule has 0 aliphatic carbocycles. The van der Waals surface area contributed by atoms with Crippen molar-refractivity contribution in [2.45, 2.75) is 0 Å². The van der Waals surface area contributed by atoms with E-state index in [-0.39, 0.29) is 26.4 Å². The molecule has 1 aromatic rings. The Kier molecular flexibility index (Phi) is 9.10. The number of ether oxygens (including phenoxy) is 1. The molecule has 0 radical (unpaired) electrons. The average Bonchev–Trinajstić information content (AvgIpc) is 2.60. The molecule has 0 aliphatic heterocycles. The van der Waals surface area contributed by atoms with Gasteiger partial charge in [0.15, 0.2) is 0 Å². The minimum Gasteiger partial charge on any atom is -0.465 e. The number of hydrogen-bond donors (Lipinski definition) is 4. The third-order valence-electron chi connectivity index (χ3n) is 3.53. The Balaban J connectivity index is 3.30. The van der Waals surface area contributed by atoms with Crippen molar-refractivity contribution in [2.24, 2.45) is 0 Å². The lowest BCUT2D eigenvalue weighted by atomic mass is 10.1. The second-order valence-electron chi connectivity index (χ2n) is 5.10. The minimum absolute atomic E-state index is 0.102. The number of methoxy groups -OCH3 is 1. The molecule has 0 aliphatic rings. The zero-order valence-corrected chi connectivity index (χ0v) is 13.9. The van der Waals surface area contributed by atoms with E-state index in [1.54, 1.807) is 28.0 Å². The van der Waals surface area contributed by atoms with Crippen molar-refractivity contribution in [1.82, 2.24) is 0 Å². The van der Waals surface area contributed by atoms with Crippen LogP contribution < -0.4 is 9.80 Å². The Morgan fingerprint density at radius 1 is 0.833 bits per heavy atom. The Hall–Kier alpha value is -1.87. The second-order valence-corrected chi connectivity index (χ2v) is 5.10.